The summed E-state index contributed by atoms with van der Waals surface area (Å²) in [5, 5.41) is 3.05. The first kappa shape index (κ1) is 20.4. The van der Waals surface area contributed by atoms with Crippen molar-refractivity contribution in [1.29, 1.82) is 0 Å². The van der Waals surface area contributed by atoms with E-state index >= 15 is 0 Å². The highest BCUT2D eigenvalue weighted by Gasteiger charge is 2.40. The van der Waals surface area contributed by atoms with Gasteiger partial charge >= 0.3 is 0 Å². The van der Waals surface area contributed by atoms with Gasteiger partial charge < -0.3 is 15.0 Å². The molecule has 2 heterocycles. The Morgan fingerprint density at radius 3 is 2.69 bits per heavy atom. The van der Waals surface area contributed by atoms with E-state index in [4.69, 9.17) is 4.74 Å². The molecule has 3 aliphatic rings. The van der Waals surface area contributed by atoms with Crippen LogP contribution in [0, 0.1) is 5.92 Å². The lowest BCUT2D eigenvalue weighted by molar-refractivity contribution is -0.129. The number of carbonyl (C=O) groups excluding carboxylic acids is 2. The number of benzene rings is 1. The third-order valence-electron chi connectivity index (χ3n) is 6.84. The Morgan fingerprint density at radius 2 is 1.90 bits per heavy atom. The number of nitrogens with zero attached hydrogens (tertiary/aromatic N) is 2. The fourth-order valence-corrected chi connectivity index (χ4v) is 5.03. The maximum atomic E-state index is 13.0. The molecule has 5 atom stereocenters. The molecule has 6 nitrogen and oxygen atoms in total. The summed E-state index contributed by atoms with van der Waals surface area (Å²) in [5.41, 5.74) is 0.741. The maximum Gasteiger partial charge on any atom is 0.254 e. The first-order valence-electron chi connectivity index (χ1n) is 11.1. The van der Waals surface area contributed by atoms with E-state index in [0.29, 0.717) is 19.0 Å². The van der Waals surface area contributed by atoms with Crippen molar-refractivity contribution in [3.8, 4) is 0 Å². The summed E-state index contributed by atoms with van der Waals surface area (Å²) in [6.45, 7) is 5.46. The number of amides is 2. The molecule has 1 unspecified atom stereocenters. The molecular formula is C23H33N3O3. The van der Waals surface area contributed by atoms with Gasteiger partial charge in [0.05, 0.1) is 6.10 Å². The van der Waals surface area contributed by atoms with Gasteiger partial charge in [-0.2, -0.15) is 0 Å². The molecule has 2 amide bonds. The lowest BCUT2D eigenvalue weighted by atomic mass is 9.88. The number of carbonyl (C=O) groups is 2. The molecule has 0 radical (unpaired) electrons. The summed E-state index contributed by atoms with van der Waals surface area (Å²) in [7, 11) is 0. The van der Waals surface area contributed by atoms with Gasteiger partial charge in [0.15, 0.2) is 0 Å². The van der Waals surface area contributed by atoms with Crippen LogP contribution in [0.4, 0.5) is 0 Å². The lowest BCUT2D eigenvalue weighted by Crippen LogP contribution is -2.57. The molecule has 158 valence electrons. The molecule has 2 saturated heterocycles. The van der Waals surface area contributed by atoms with Crippen molar-refractivity contribution in [1.82, 2.24) is 15.1 Å². The molecule has 29 heavy (non-hydrogen) atoms. The van der Waals surface area contributed by atoms with E-state index < -0.39 is 0 Å². The number of ether oxygens (including phenoxy) is 1. The van der Waals surface area contributed by atoms with Gasteiger partial charge in [-0.1, -0.05) is 38.0 Å². The van der Waals surface area contributed by atoms with E-state index in [1.165, 1.54) is 19.3 Å². The first-order valence-corrected chi connectivity index (χ1v) is 11.1. The predicted octanol–water partition coefficient (Wildman–Crippen LogP) is 2.30. The van der Waals surface area contributed by atoms with Crippen molar-refractivity contribution in [2.45, 2.75) is 57.2 Å². The minimum absolute atomic E-state index is 0.0509. The zero-order valence-electron chi connectivity index (χ0n) is 17.4. The number of rotatable bonds is 6. The lowest BCUT2D eigenvalue weighted by Gasteiger charge is -2.40. The normalized spacial score (nSPS) is 31.5. The Bertz CT molecular complexity index is 711. The van der Waals surface area contributed by atoms with Gasteiger partial charge in [-0.05, 0) is 37.3 Å². The number of hydrogen-bond acceptors (Lipinski definition) is 4. The molecule has 1 aromatic carbocycles. The van der Waals surface area contributed by atoms with Crippen LogP contribution < -0.4 is 5.32 Å². The molecule has 1 N–H and O–H groups in total. The quantitative estimate of drug-likeness (QED) is 0.797. The van der Waals surface area contributed by atoms with E-state index in [2.05, 4.69) is 17.1 Å². The fraction of sp³-hybridized carbons (Fsp3) is 0.652. The summed E-state index contributed by atoms with van der Waals surface area (Å²) >= 11 is 0. The molecule has 2 aliphatic heterocycles. The molecule has 1 saturated carbocycles. The van der Waals surface area contributed by atoms with Gasteiger partial charge in [0, 0.05) is 43.8 Å². The zero-order chi connectivity index (χ0) is 20.2. The van der Waals surface area contributed by atoms with E-state index in [0.717, 1.165) is 31.5 Å². The summed E-state index contributed by atoms with van der Waals surface area (Å²) in [6.07, 6.45) is 5.93. The number of hydrogen-bond donors (Lipinski definition) is 1. The molecule has 0 spiro atoms. The largest absolute Gasteiger partial charge is 0.368 e. The fourth-order valence-electron chi connectivity index (χ4n) is 5.03. The van der Waals surface area contributed by atoms with E-state index in [1.54, 1.807) is 0 Å². The van der Waals surface area contributed by atoms with Crippen LogP contribution in [0.15, 0.2) is 30.3 Å². The highest BCUT2D eigenvalue weighted by molar-refractivity contribution is 5.94. The van der Waals surface area contributed by atoms with Crippen LogP contribution in [0.2, 0.25) is 0 Å². The second-order valence-electron chi connectivity index (χ2n) is 8.83. The highest BCUT2D eigenvalue weighted by atomic mass is 16.5. The second kappa shape index (κ2) is 9.26. The third kappa shape index (κ3) is 4.81. The Hall–Kier alpha value is -1.92. The van der Waals surface area contributed by atoms with Crippen LogP contribution in [0.25, 0.3) is 0 Å². The molecule has 4 rings (SSSR count). The molecule has 0 aromatic heterocycles. The van der Waals surface area contributed by atoms with Gasteiger partial charge in [-0.25, -0.2) is 0 Å². The molecule has 1 aromatic rings. The van der Waals surface area contributed by atoms with Crippen molar-refractivity contribution in [3.63, 3.8) is 0 Å². The van der Waals surface area contributed by atoms with Crippen molar-refractivity contribution in [3.05, 3.63) is 35.9 Å². The summed E-state index contributed by atoms with van der Waals surface area (Å²) < 4.78 is 5.89. The summed E-state index contributed by atoms with van der Waals surface area (Å²) in [5.74, 6) is 0.585. The van der Waals surface area contributed by atoms with Gasteiger partial charge in [-0.3, -0.25) is 14.5 Å². The molecule has 1 aliphatic carbocycles. The predicted molar refractivity (Wildman–Crippen MR) is 112 cm³/mol. The smallest absolute Gasteiger partial charge is 0.254 e. The van der Waals surface area contributed by atoms with Gasteiger partial charge in [-0.15, -0.1) is 0 Å². The second-order valence-corrected chi connectivity index (χ2v) is 8.83. The van der Waals surface area contributed by atoms with Crippen LogP contribution in [-0.2, 0) is 9.53 Å². The van der Waals surface area contributed by atoms with Gasteiger partial charge in [0.25, 0.3) is 5.91 Å². The van der Waals surface area contributed by atoms with Crippen LogP contribution in [0.3, 0.4) is 0 Å². The van der Waals surface area contributed by atoms with Crippen molar-refractivity contribution in [2.75, 3.05) is 32.8 Å². The number of fused-ring (bicyclic) bond motifs is 2. The molecule has 2 bridgehead atoms. The van der Waals surface area contributed by atoms with E-state index in [9.17, 15) is 9.59 Å². The topological polar surface area (TPSA) is 61.9 Å². The molecule has 3 fully saturated rings. The van der Waals surface area contributed by atoms with Crippen molar-refractivity contribution >= 4 is 11.8 Å². The third-order valence-corrected chi connectivity index (χ3v) is 6.84. The highest BCUT2D eigenvalue weighted by Crippen LogP contribution is 2.27. The van der Waals surface area contributed by atoms with Crippen LogP contribution >= 0.6 is 0 Å². The average molecular weight is 400 g/mol. The Kier molecular flexibility index (Phi) is 6.50. The van der Waals surface area contributed by atoms with Crippen LogP contribution in [-0.4, -0.2) is 72.6 Å². The Morgan fingerprint density at radius 1 is 1.10 bits per heavy atom. The van der Waals surface area contributed by atoms with Crippen LogP contribution in [0.5, 0.6) is 0 Å². The monoisotopic (exact) mass is 399 g/mol. The minimum atomic E-state index is -0.0509. The van der Waals surface area contributed by atoms with Crippen LogP contribution in [0.1, 0.15) is 49.4 Å². The maximum absolute atomic E-state index is 13.0. The number of nitrogens with one attached hydrogen (secondary N) is 1. The number of piperazine rings is 1. The SMILES string of the molecule is C[C@@H]1CCCC[C@H]1OCC(=O)NC[C@@H]1CN(C(=O)c2ccccc2)[C@H]2CCN1C2. The molecule has 6 heteroatoms. The van der Waals surface area contributed by atoms with Crippen molar-refractivity contribution in [2.24, 2.45) is 5.92 Å². The van der Waals surface area contributed by atoms with E-state index in [1.807, 2.05) is 35.2 Å². The van der Waals surface area contributed by atoms with Gasteiger partial charge in [0.2, 0.25) is 5.91 Å². The summed E-state index contributed by atoms with van der Waals surface area (Å²) in [6, 6.07) is 9.95. The zero-order valence-corrected chi connectivity index (χ0v) is 17.4. The minimum Gasteiger partial charge on any atom is -0.368 e. The van der Waals surface area contributed by atoms with Gasteiger partial charge in [0.1, 0.15) is 6.61 Å². The summed E-state index contributed by atoms with van der Waals surface area (Å²) in [4.78, 5) is 29.7. The first-order chi connectivity index (χ1) is 14.1. The molecular weight excluding hydrogens is 366 g/mol. The average Bonchev–Trinajstić information content (AvgIpc) is 3.17. The standard InChI is InChI=1S/C23H33N3O3/c1-17-7-5-6-10-21(17)29-16-22(27)24-13-20-15-26(19-11-12-25(20)14-19)23(28)18-8-3-2-4-9-18/h2-4,8-9,17,19-21H,5-7,10-16H2,1H3,(H,24,27)/t17-,19+,20-,21-/m1/s1. The van der Waals surface area contributed by atoms with E-state index in [-0.39, 0.29) is 36.6 Å². The van der Waals surface area contributed by atoms with Crippen molar-refractivity contribution < 1.29 is 14.3 Å². The Labute approximate surface area is 173 Å². The Balaban J connectivity index is 1.28.